The second-order valence-electron chi connectivity index (χ2n) is 4.71. The molecule has 0 saturated carbocycles. The molecule has 0 bridgehead atoms. The largest absolute Gasteiger partial charge is 0.394 e. The Labute approximate surface area is 112 Å². The van der Waals surface area contributed by atoms with Crippen molar-refractivity contribution in [3.8, 4) is 0 Å². The van der Waals surface area contributed by atoms with Gasteiger partial charge in [-0.15, -0.1) is 0 Å². The first kappa shape index (κ1) is 13.3. The van der Waals surface area contributed by atoms with Gasteiger partial charge in [0.2, 0.25) is 0 Å². The molecule has 1 amide bonds. The van der Waals surface area contributed by atoms with Gasteiger partial charge in [-0.2, -0.15) is 0 Å². The second-order valence-corrected chi connectivity index (χ2v) is 5.10. The molecule has 98 valence electrons. The van der Waals surface area contributed by atoms with Crippen LogP contribution in [0.25, 0.3) is 0 Å². The van der Waals surface area contributed by atoms with Crippen molar-refractivity contribution in [2.75, 3.05) is 13.2 Å². The van der Waals surface area contributed by atoms with Crippen molar-refractivity contribution in [2.24, 2.45) is 5.92 Å². The van der Waals surface area contributed by atoms with Crippen LogP contribution < -0.4 is 0 Å². The molecule has 1 saturated heterocycles. The summed E-state index contributed by atoms with van der Waals surface area (Å²) in [6, 6.07) is 4.89. The number of aromatic nitrogens is 1. The number of carbonyl (C=O) groups excluding carboxylic acids is 1. The van der Waals surface area contributed by atoms with Gasteiger partial charge < -0.3 is 10.0 Å². The number of likely N-dealkylation sites (tertiary alicyclic amines) is 1. The molecule has 2 unspecified atom stereocenters. The molecule has 2 heterocycles. The Balaban J connectivity index is 2.21. The SMILES string of the molecule is CC1CCCN(C(=O)c2cccc(Cl)n2)C1CO. The van der Waals surface area contributed by atoms with Crippen LogP contribution in [0.1, 0.15) is 30.3 Å². The molecule has 1 aliphatic heterocycles. The van der Waals surface area contributed by atoms with Crippen LogP contribution in [0.2, 0.25) is 5.15 Å². The van der Waals surface area contributed by atoms with Crippen LogP contribution >= 0.6 is 11.6 Å². The summed E-state index contributed by atoms with van der Waals surface area (Å²) >= 11 is 5.80. The van der Waals surface area contributed by atoms with Gasteiger partial charge in [0.1, 0.15) is 10.8 Å². The molecule has 2 rings (SSSR count). The van der Waals surface area contributed by atoms with E-state index in [1.807, 2.05) is 0 Å². The van der Waals surface area contributed by atoms with Crippen LogP contribution in [0.5, 0.6) is 0 Å². The molecule has 1 N–H and O–H groups in total. The summed E-state index contributed by atoms with van der Waals surface area (Å²) in [5, 5.41) is 9.75. The fourth-order valence-electron chi connectivity index (χ4n) is 2.45. The minimum absolute atomic E-state index is 0.00648. The molecule has 0 aliphatic carbocycles. The Hall–Kier alpha value is -1.13. The van der Waals surface area contributed by atoms with E-state index >= 15 is 0 Å². The highest BCUT2D eigenvalue weighted by Gasteiger charge is 2.32. The lowest BCUT2D eigenvalue weighted by molar-refractivity contribution is 0.0353. The molecular weight excluding hydrogens is 252 g/mol. The van der Waals surface area contributed by atoms with E-state index in [1.54, 1.807) is 23.1 Å². The number of pyridine rings is 1. The second kappa shape index (κ2) is 5.67. The van der Waals surface area contributed by atoms with Crippen LogP contribution in [0.3, 0.4) is 0 Å². The number of piperidine rings is 1. The van der Waals surface area contributed by atoms with E-state index in [4.69, 9.17) is 11.6 Å². The van der Waals surface area contributed by atoms with Gasteiger partial charge in [0.05, 0.1) is 12.6 Å². The van der Waals surface area contributed by atoms with Crippen molar-refractivity contribution < 1.29 is 9.90 Å². The standard InChI is InChI=1S/C13H17ClN2O2/c1-9-4-3-7-16(11(9)8-17)13(18)10-5-2-6-12(14)15-10/h2,5-6,9,11,17H,3-4,7-8H2,1H3. The van der Waals surface area contributed by atoms with Crippen LogP contribution in [-0.2, 0) is 0 Å². The molecular formula is C13H17ClN2O2. The summed E-state index contributed by atoms with van der Waals surface area (Å²) in [6.45, 7) is 2.72. The van der Waals surface area contributed by atoms with Gasteiger partial charge in [0.15, 0.2) is 0 Å². The van der Waals surface area contributed by atoms with Crippen molar-refractivity contribution in [1.29, 1.82) is 0 Å². The fraction of sp³-hybridized carbons (Fsp3) is 0.538. The van der Waals surface area contributed by atoms with E-state index in [0.717, 1.165) is 12.8 Å². The predicted molar refractivity (Wildman–Crippen MR) is 69.6 cm³/mol. The Morgan fingerprint density at radius 2 is 2.39 bits per heavy atom. The topological polar surface area (TPSA) is 53.4 Å². The average Bonchev–Trinajstić information content (AvgIpc) is 2.37. The number of rotatable bonds is 2. The third kappa shape index (κ3) is 2.65. The van der Waals surface area contributed by atoms with Crippen LogP contribution in [0, 0.1) is 5.92 Å². The smallest absolute Gasteiger partial charge is 0.272 e. The van der Waals surface area contributed by atoms with Crippen molar-refractivity contribution >= 4 is 17.5 Å². The van der Waals surface area contributed by atoms with Crippen molar-refractivity contribution in [2.45, 2.75) is 25.8 Å². The van der Waals surface area contributed by atoms with E-state index in [0.29, 0.717) is 23.3 Å². The molecule has 18 heavy (non-hydrogen) atoms. The summed E-state index contributed by atoms with van der Waals surface area (Å²) in [5.74, 6) is 0.162. The molecule has 1 aromatic rings. The van der Waals surface area contributed by atoms with E-state index in [-0.39, 0.29) is 18.6 Å². The number of aliphatic hydroxyl groups is 1. The summed E-state index contributed by atoms with van der Waals surface area (Å²) in [6.07, 6.45) is 2.00. The molecule has 0 aromatic carbocycles. The number of halogens is 1. The highest BCUT2D eigenvalue weighted by Crippen LogP contribution is 2.24. The zero-order valence-electron chi connectivity index (χ0n) is 10.3. The predicted octanol–water partition coefficient (Wildman–Crippen LogP) is 1.97. The Morgan fingerprint density at radius 1 is 1.61 bits per heavy atom. The number of amides is 1. The van der Waals surface area contributed by atoms with E-state index < -0.39 is 0 Å². The molecule has 1 aromatic heterocycles. The monoisotopic (exact) mass is 268 g/mol. The van der Waals surface area contributed by atoms with Gasteiger partial charge in [-0.25, -0.2) is 4.98 Å². The summed E-state index contributed by atoms with van der Waals surface area (Å²) in [5.41, 5.74) is 0.343. The summed E-state index contributed by atoms with van der Waals surface area (Å²) in [7, 11) is 0. The lowest BCUT2D eigenvalue weighted by atomic mass is 9.91. The molecule has 1 fully saturated rings. The zero-order chi connectivity index (χ0) is 13.1. The molecule has 0 radical (unpaired) electrons. The third-order valence-electron chi connectivity index (χ3n) is 3.50. The van der Waals surface area contributed by atoms with Crippen molar-refractivity contribution in [3.05, 3.63) is 29.0 Å². The van der Waals surface area contributed by atoms with Crippen molar-refractivity contribution in [1.82, 2.24) is 9.88 Å². The first-order chi connectivity index (χ1) is 8.63. The maximum absolute atomic E-state index is 12.4. The number of carbonyl (C=O) groups is 1. The minimum Gasteiger partial charge on any atom is -0.394 e. The Kier molecular flexibility index (Phi) is 4.19. The zero-order valence-corrected chi connectivity index (χ0v) is 11.1. The number of hydrogen-bond donors (Lipinski definition) is 1. The quantitative estimate of drug-likeness (QED) is 0.835. The normalized spacial score (nSPS) is 24.1. The lowest BCUT2D eigenvalue weighted by Gasteiger charge is -2.38. The maximum atomic E-state index is 12.4. The van der Waals surface area contributed by atoms with Gasteiger partial charge in [0.25, 0.3) is 5.91 Å². The highest BCUT2D eigenvalue weighted by molar-refractivity contribution is 6.29. The van der Waals surface area contributed by atoms with Gasteiger partial charge >= 0.3 is 0 Å². The molecule has 5 heteroatoms. The number of hydrogen-bond acceptors (Lipinski definition) is 3. The average molecular weight is 269 g/mol. The summed E-state index contributed by atoms with van der Waals surface area (Å²) < 4.78 is 0. The van der Waals surface area contributed by atoms with E-state index in [2.05, 4.69) is 11.9 Å². The molecule has 4 nitrogen and oxygen atoms in total. The van der Waals surface area contributed by atoms with Gasteiger partial charge in [-0.05, 0) is 30.9 Å². The third-order valence-corrected chi connectivity index (χ3v) is 3.71. The number of nitrogens with zero attached hydrogens (tertiary/aromatic N) is 2. The highest BCUT2D eigenvalue weighted by atomic mass is 35.5. The van der Waals surface area contributed by atoms with Crippen LogP contribution in [-0.4, -0.2) is 40.1 Å². The molecule has 1 aliphatic rings. The molecule has 0 spiro atoms. The van der Waals surface area contributed by atoms with Crippen molar-refractivity contribution in [3.63, 3.8) is 0 Å². The van der Waals surface area contributed by atoms with Gasteiger partial charge in [-0.3, -0.25) is 4.79 Å². The Morgan fingerprint density at radius 3 is 3.06 bits per heavy atom. The van der Waals surface area contributed by atoms with Gasteiger partial charge in [-0.1, -0.05) is 24.6 Å². The van der Waals surface area contributed by atoms with Crippen LogP contribution in [0.4, 0.5) is 0 Å². The van der Waals surface area contributed by atoms with E-state index in [1.165, 1.54) is 0 Å². The van der Waals surface area contributed by atoms with E-state index in [9.17, 15) is 9.90 Å². The minimum atomic E-state index is -0.150. The fourth-order valence-corrected chi connectivity index (χ4v) is 2.62. The number of aliphatic hydroxyl groups excluding tert-OH is 1. The maximum Gasteiger partial charge on any atom is 0.272 e. The lowest BCUT2D eigenvalue weighted by Crippen LogP contribution is -2.49. The first-order valence-corrected chi connectivity index (χ1v) is 6.55. The van der Waals surface area contributed by atoms with Crippen LogP contribution in [0.15, 0.2) is 18.2 Å². The summed E-state index contributed by atoms with van der Waals surface area (Å²) in [4.78, 5) is 18.1. The van der Waals surface area contributed by atoms with Gasteiger partial charge in [0, 0.05) is 6.54 Å². The molecule has 2 atom stereocenters. The Bertz CT molecular complexity index is 439. The first-order valence-electron chi connectivity index (χ1n) is 6.18.